The fourth-order valence-electron chi connectivity index (χ4n) is 15.9. The van der Waals surface area contributed by atoms with Crippen molar-refractivity contribution in [2.45, 2.75) is 55.9 Å². The number of aliphatic imine (C=N–C) groups is 3. The number of esters is 2. The van der Waals surface area contributed by atoms with E-state index in [0.29, 0.717) is 107 Å². The number of hydrogen-bond donors (Lipinski definition) is 1. The van der Waals surface area contributed by atoms with Gasteiger partial charge in [0.1, 0.15) is 69.0 Å². The second-order valence-corrected chi connectivity index (χ2v) is 29.3. The van der Waals surface area contributed by atoms with Crippen LogP contribution in [-0.2, 0) is 42.4 Å². The number of carboxylic acid groups (broad SMARTS) is 1. The standard InChI is InChI=1S/2C30H30F4N4O4.C29H28F4N4O4/c2*1-40-21-7-4-6-20(17-21)36-12-14-37(15-13-36)29-35-28-22(8-5-9-23(28)31)24(18-27(39)42-3)38(29)25-16-19(30(32,33)34)10-11-26(25)41-2;1-40-20-6-3-5-19(16-20)35-11-13-36(14-12-35)28-34-27-21(7-4-8-22(27)30)23(17-26(38)39)37(28)24-15-18(29(31,32)33)9-10-25(24)41-2/h2*4-11,16-17,24H,12-15,18H2,1-3H3;3-10,15-16,23H,11-14,17H2,1-2H3,(H,38,39)/t24-;;23-/m0.0/s1. The van der Waals surface area contributed by atoms with Crippen LogP contribution in [0, 0.1) is 17.5 Å². The average molecular weight is 1750 g/mol. The van der Waals surface area contributed by atoms with E-state index in [1.807, 2.05) is 87.5 Å². The van der Waals surface area contributed by atoms with Gasteiger partial charge in [0.2, 0.25) is 17.9 Å². The number of halogens is 12. The molecule has 660 valence electrons. The minimum atomic E-state index is -4.66. The summed E-state index contributed by atoms with van der Waals surface area (Å²) >= 11 is 0. The molecule has 9 aromatic carbocycles. The molecule has 0 aromatic heterocycles. The Bertz CT molecular complexity index is 5280. The van der Waals surface area contributed by atoms with Crippen molar-refractivity contribution in [2.75, 3.05) is 165 Å². The Balaban J connectivity index is 0.000000161. The summed E-state index contributed by atoms with van der Waals surface area (Å²) in [6.45, 7) is 5.68. The maximum Gasteiger partial charge on any atom is 0.416 e. The van der Waals surface area contributed by atoms with E-state index in [1.165, 1.54) is 105 Å². The van der Waals surface area contributed by atoms with Gasteiger partial charge in [-0.1, -0.05) is 54.6 Å². The van der Waals surface area contributed by atoms with Gasteiger partial charge in [0.15, 0.2) is 0 Å². The lowest BCUT2D eigenvalue weighted by molar-refractivity contribution is -0.141. The first kappa shape index (κ1) is 89.3. The number of para-hydroxylation sites is 3. The Hall–Kier alpha value is -13.4. The number of methoxy groups -OCH3 is 8. The Morgan fingerprint density at radius 1 is 0.336 bits per heavy atom. The third-order valence-corrected chi connectivity index (χ3v) is 22.1. The number of carbonyl (C=O) groups excluding carboxylic acids is 2. The molecule has 6 aliphatic rings. The number of benzene rings is 9. The van der Waals surface area contributed by atoms with Crippen molar-refractivity contribution in [2.24, 2.45) is 15.0 Å². The SMILES string of the molecule is COC(=O)CC1c2cccc(F)c2N=C(N2CCN(c3cccc(OC)c3)CC2)N1c1cc(C(F)(F)F)ccc1OC.COC(=O)C[C@H]1c2cccc(F)c2N=C(N2CCN(c3cccc(OC)c3)CC2)N1c1cc(C(F)(F)F)ccc1OC.COc1cccc(N2CCN(C3=Nc4c(F)cccc4[C@H](CC(=O)O)N3c3cc(C(F)(F)F)ccc3OC)CC2)c1. The molecule has 0 aliphatic carbocycles. The number of guanidine groups is 3. The van der Waals surface area contributed by atoms with E-state index in [0.717, 1.165) is 53.5 Å². The lowest BCUT2D eigenvalue weighted by Gasteiger charge is -2.45. The molecule has 6 heterocycles. The van der Waals surface area contributed by atoms with Crippen LogP contribution in [0.1, 0.15) is 70.8 Å². The first-order chi connectivity index (χ1) is 59.9. The van der Waals surface area contributed by atoms with Crippen LogP contribution in [0.25, 0.3) is 0 Å². The van der Waals surface area contributed by atoms with E-state index in [1.54, 1.807) is 39.5 Å². The van der Waals surface area contributed by atoms with Crippen LogP contribution in [0.15, 0.2) is 197 Å². The Kier molecular flexibility index (Phi) is 27.2. The highest BCUT2D eigenvalue weighted by Crippen LogP contribution is 2.51. The predicted octanol–water partition coefficient (Wildman–Crippen LogP) is 17.3. The van der Waals surface area contributed by atoms with Gasteiger partial charge in [-0.15, -0.1) is 0 Å². The smallest absolute Gasteiger partial charge is 0.416 e. The van der Waals surface area contributed by atoms with Gasteiger partial charge >= 0.3 is 36.4 Å². The number of fused-ring (bicyclic) bond motifs is 3. The first-order valence-corrected chi connectivity index (χ1v) is 39.4. The zero-order valence-corrected chi connectivity index (χ0v) is 69.0. The largest absolute Gasteiger partial charge is 0.497 e. The Labute approximate surface area is 711 Å². The topological polar surface area (TPSA) is 212 Å². The van der Waals surface area contributed by atoms with E-state index in [-0.39, 0.29) is 87.7 Å². The van der Waals surface area contributed by atoms with Gasteiger partial charge in [0.25, 0.3) is 0 Å². The number of carbonyl (C=O) groups is 3. The maximum absolute atomic E-state index is 15.2. The monoisotopic (exact) mass is 1740 g/mol. The molecule has 0 spiro atoms. The molecule has 24 nitrogen and oxygen atoms in total. The lowest BCUT2D eigenvalue weighted by Crippen LogP contribution is -2.55. The zero-order chi connectivity index (χ0) is 89.3. The lowest BCUT2D eigenvalue weighted by atomic mass is 9.96. The van der Waals surface area contributed by atoms with Gasteiger partial charge in [-0.25, -0.2) is 28.1 Å². The van der Waals surface area contributed by atoms with Gasteiger partial charge in [-0.3, -0.25) is 14.4 Å². The quantitative estimate of drug-likeness (QED) is 0.0625. The highest BCUT2D eigenvalue weighted by atomic mass is 19.4. The summed E-state index contributed by atoms with van der Waals surface area (Å²) in [4.78, 5) is 67.8. The van der Waals surface area contributed by atoms with Crippen LogP contribution in [0.4, 0.5) is 104 Å². The molecule has 9 aromatic rings. The van der Waals surface area contributed by atoms with Crippen LogP contribution in [0.5, 0.6) is 34.5 Å². The molecule has 0 bridgehead atoms. The minimum absolute atomic E-state index is 0.0162. The normalized spacial score (nSPS) is 17.0. The van der Waals surface area contributed by atoms with Crippen LogP contribution in [0.3, 0.4) is 0 Å². The van der Waals surface area contributed by atoms with Crippen molar-refractivity contribution >= 4 is 87.0 Å². The highest BCUT2D eigenvalue weighted by molar-refractivity contribution is 6.05. The van der Waals surface area contributed by atoms with Crippen LogP contribution < -0.4 is 57.8 Å². The number of nitrogens with zero attached hydrogens (tertiary/aromatic N) is 12. The van der Waals surface area contributed by atoms with Gasteiger partial charge in [0.05, 0.1) is 128 Å². The summed E-state index contributed by atoms with van der Waals surface area (Å²) in [5, 5.41) is 9.83. The molecule has 0 saturated carbocycles. The number of carboxylic acids is 1. The number of piperazine rings is 3. The maximum atomic E-state index is 15.2. The number of rotatable bonds is 18. The number of alkyl halides is 9. The summed E-state index contributed by atoms with van der Waals surface area (Å²) in [6.07, 6.45) is -15.0. The van der Waals surface area contributed by atoms with Crippen molar-refractivity contribution in [1.29, 1.82) is 0 Å². The van der Waals surface area contributed by atoms with Crippen LogP contribution in [0.2, 0.25) is 0 Å². The predicted molar refractivity (Wildman–Crippen MR) is 446 cm³/mol. The molecule has 3 saturated heterocycles. The van der Waals surface area contributed by atoms with Crippen LogP contribution in [-0.4, -0.2) is 191 Å². The van der Waals surface area contributed by atoms with Crippen LogP contribution >= 0.6 is 0 Å². The molecule has 15 rings (SSSR count). The van der Waals surface area contributed by atoms with Gasteiger partial charge in [-0.05, 0) is 109 Å². The summed E-state index contributed by atoms with van der Waals surface area (Å²) in [7, 11) is 11.2. The number of anilines is 6. The average Bonchev–Trinajstić information content (AvgIpc) is 0.750. The van der Waals surface area contributed by atoms with E-state index < -0.39 is 95.1 Å². The fraction of sp³-hybridized carbons (Fsp3) is 0.326. The summed E-state index contributed by atoms with van der Waals surface area (Å²) in [5.41, 5.74) is 1.15. The summed E-state index contributed by atoms with van der Waals surface area (Å²) in [5.74, 6) is -1.22. The Morgan fingerprint density at radius 2 is 0.592 bits per heavy atom. The van der Waals surface area contributed by atoms with E-state index in [9.17, 15) is 59.0 Å². The number of hydrogen-bond acceptors (Lipinski definition) is 23. The molecule has 1 N–H and O–H groups in total. The molecule has 3 atom stereocenters. The third kappa shape index (κ3) is 19.6. The fourth-order valence-corrected chi connectivity index (χ4v) is 15.9. The van der Waals surface area contributed by atoms with E-state index in [4.69, 9.17) is 37.9 Å². The molecule has 1 unspecified atom stereocenters. The zero-order valence-electron chi connectivity index (χ0n) is 69.0. The highest BCUT2D eigenvalue weighted by Gasteiger charge is 2.46. The first-order valence-electron chi connectivity index (χ1n) is 39.4. The second kappa shape index (κ2) is 38.1. The molecule has 36 heteroatoms. The summed E-state index contributed by atoms with van der Waals surface area (Å²) < 4.78 is 213. The van der Waals surface area contributed by atoms with E-state index in [2.05, 4.69) is 29.7 Å². The van der Waals surface area contributed by atoms with Crippen molar-refractivity contribution in [1.82, 2.24) is 14.7 Å². The van der Waals surface area contributed by atoms with Crippen molar-refractivity contribution in [3.05, 3.63) is 233 Å². The van der Waals surface area contributed by atoms with Gasteiger partial charge in [-0.2, -0.15) is 39.5 Å². The van der Waals surface area contributed by atoms with Crippen molar-refractivity contribution < 1.29 is 110 Å². The molecule has 6 aliphatic heterocycles. The molecule has 3 fully saturated rings. The van der Waals surface area contributed by atoms with Crippen molar-refractivity contribution in [3.63, 3.8) is 0 Å². The molecular formula is C89H88F12N12O12. The molecular weight excluding hydrogens is 1660 g/mol. The Morgan fingerprint density at radius 3 is 0.832 bits per heavy atom. The second-order valence-electron chi connectivity index (χ2n) is 29.3. The van der Waals surface area contributed by atoms with Crippen molar-refractivity contribution in [3.8, 4) is 34.5 Å². The molecule has 0 amide bonds. The van der Waals surface area contributed by atoms with Gasteiger partial charge in [0, 0.05) is 130 Å². The number of aliphatic carboxylic acids is 1. The number of ether oxygens (including phenoxy) is 8. The third-order valence-electron chi connectivity index (χ3n) is 22.1. The van der Waals surface area contributed by atoms with E-state index >= 15 is 13.2 Å². The van der Waals surface area contributed by atoms with Gasteiger partial charge < -0.3 is 87.1 Å². The summed E-state index contributed by atoms with van der Waals surface area (Å²) in [6, 6.07) is 42.1. The minimum Gasteiger partial charge on any atom is -0.497 e. The molecule has 0 radical (unpaired) electrons. The molecule has 125 heavy (non-hydrogen) atoms.